The molecule has 0 radical (unpaired) electrons. The van der Waals surface area contributed by atoms with Gasteiger partial charge in [0.15, 0.2) is 5.82 Å². The molecule has 0 aromatic heterocycles. The van der Waals surface area contributed by atoms with Crippen molar-refractivity contribution < 1.29 is 9.50 Å². The van der Waals surface area contributed by atoms with Crippen LogP contribution in [0, 0.1) is 11.2 Å². The lowest BCUT2D eigenvalue weighted by Crippen LogP contribution is -2.27. The Kier molecular flexibility index (Phi) is 4.06. The summed E-state index contributed by atoms with van der Waals surface area (Å²) in [5, 5.41) is 11.8. The molecule has 1 aromatic carbocycles. The van der Waals surface area contributed by atoms with Gasteiger partial charge >= 0.3 is 0 Å². The summed E-state index contributed by atoms with van der Waals surface area (Å²) in [6, 6.07) is 1.40. The maximum Gasteiger partial charge on any atom is 0.169 e. The highest BCUT2D eigenvalue weighted by atomic mass is 35.5. The van der Waals surface area contributed by atoms with Crippen LogP contribution in [0.25, 0.3) is 0 Å². The number of benzene rings is 1. The molecule has 0 aliphatic heterocycles. The summed E-state index contributed by atoms with van der Waals surface area (Å²) < 4.78 is 13.8. The van der Waals surface area contributed by atoms with Gasteiger partial charge in [-0.3, -0.25) is 0 Å². The molecule has 96 valence electrons. The fourth-order valence-electron chi connectivity index (χ4n) is 1.23. The Labute approximate surface area is 105 Å². The number of nitrogens with one attached hydrogen (secondary N) is 1. The second kappa shape index (κ2) is 4.98. The molecule has 0 amide bonds. The van der Waals surface area contributed by atoms with Gasteiger partial charge in [0.1, 0.15) is 5.02 Å². The maximum atomic E-state index is 13.8. The van der Waals surface area contributed by atoms with Gasteiger partial charge in [-0.05, 0) is 6.07 Å². The van der Waals surface area contributed by atoms with Gasteiger partial charge in [-0.1, -0.05) is 25.4 Å². The quantitative estimate of drug-likeness (QED) is 0.625. The third-order valence-electron chi connectivity index (χ3n) is 2.44. The Balaban J connectivity index is 2.96. The minimum atomic E-state index is -0.669. The van der Waals surface area contributed by atoms with Crippen LogP contribution in [0.3, 0.4) is 0 Å². The van der Waals surface area contributed by atoms with E-state index >= 15 is 0 Å². The molecule has 0 spiro atoms. The summed E-state index contributed by atoms with van der Waals surface area (Å²) in [4.78, 5) is 0. The van der Waals surface area contributed by atoms with E-state index in [0.717, 1.165) is 0 Å². The van der Waals surface area contributed by atoms with Crippen molar-refractivity contribution >= 4 is 28.7 Å². The third-order valence-corrected chi connectivity index (χ3v) is 2.82. The molecule has 0 saturated heterocycles. The van der Waals surface area contributed by atoms with Crippen molar-refractivity contribution in [3.63, 3.8) is 0 Å². The largest absolute Gasteiger partial charge is 0.397 e. The van der Waals surface area contributed by atoms with E-state index in [1.165, 1.54) is 6.07 Å². The fraction of sp³-hybridized carbons (Fsp3) is 0.455. The number of halogens is 2. The van der Waals surface area contributed by atoms with E-state index in [-0.39, 0.29) is 34.1 Å². The molecule has 0 bridgehead atoms. The summed E-state index contributed by atoms with van der Waals surface area (Å²) >= 11 is 5.69. The summed E-state index contributed by atoms with van der Waals surface area (Å²) in [6.07, 6.45) is 0. The van der Waals surface area contributed by atoms with Crippen LogP contribution < -0.4 is 16.8 Å². The van der Waals surface area contributed by atoms with E-state index in [1.807, 2.05) is 13.8 Å². The number of aliphatic hydroxyl groups excluding tert-OH is 1. The fourth-order valence-corrected chi connectivity index (χ4v) is 1.38. The zero-order valence-corrected chi connectivity index (χ0v) is 10.6. The molecule has 4 nitrogen and oxygen atoms in total. The van der Waals surface area contributed by atoms with Crippen molar-refractivity contribution in [2.24, 2.45) is 5.41 Å². The van der Waals surface area contributed by atoms with Crippen LogP contribution >= 0.6 is 11.6 Å². The average molecular weight is 262 g/mol. The van der Waals surface area contributed by atoms with E-state index in [4.69, 9.17) is 28.2 Å². The monoisotopic (exact) mass is 261 g/mol. The maximum absolute atomic E-state index is 13.8. The van der Waals surface area contributed by atoms with Crippen LogP contribution in [-0.4, -0.2) is 18.3 Å². The molecule has 0 heterocycles. The van der Waals surface area contributed by atoms with Gasteiger partial charge in [-0.15, -0.1) is 0 Å². The number of nitrogen functional groups attached to an aromatic ring is 2. The highest BCUT2D eigenvalue weighted by Gasteiger charge is 2.19. The first-order valence-electron chi connectivity index (χ1n) is 5.16. The highest BCUT2D eigenvalue weighted by molar-refractivity contribution is 6.33. The summed E-state index contributed by atoms with van der Waals surface area (Å²) in [6.45, 7) is 4.02. The third kappa shape index (κ3) is 3.14. The molecule has 17 heavy (non-hydrogen) atoms. The zero-order chi connectivity index (χ0) is 13.2. The van der Waals surface area contributed by atoms with Crippen molar-refractivity contribution in [1.29, 1.82) is 0 Å². The Morgan fingerprint density at radius 1 is 1.41 bits per heavy atom. The van der Waals surface area contributed by atoms with E-state index in [9.17, 15) is 4.39 Å². The lowest BCUT2D eigenvalue weighted by atomic mass is 9.95. The molecule has 0 atom stereocenters. The van der Waals surface area contributed by atoms with Crippen LogP contribution in [-0.2, 0) is 0 Å². The van der Waals surface area contributed by atoms with E-state index in [1.54, 1.807) is 0 Å². The second-order valence-corrected chi connectivity index (χ2v) is 5.11. The summed E-state index contributed by atoms with van der Waals surface area (Å²) in [5.41, 5.74) is 11.2. The first kappa shape index (κ1) is 13.9. The predicted molar refractivity (Wildman–Crippen MR) is 69.6 cm³/mol. The summed E-state index contributed by atoms with van der Waals surface area (Å²) in [5.74, 6) is -0.669. The van der Waals surface area contributed by atoms with Gasteiger partial charge in [0, 0.05) is 18.6 Å². The summed E-state index contributed by atoms with van der Waals surface area (Å²) in [7, 11) is 0. The molecule has 0 unspecified atom stereocenters. The predicted octanol–water partition coefficient (Wildman–Crippen LogP) is 2.07. The SMILES string of the molecule is CC(C)(CO)CNc1c(N)cc(N)c(Cl)c1F. The van der Waals surface area contributed by atoms with Crippen LogP contribution in [0.2, 0.25) is 5.02 Å². The lowest BCUT2D eigenvalue weighted by Gasteiger charge is -2.23. The van der Waals surface area contributed by atoms with E-state index in [2.05, 4.69) is 5.32 Å². The highest BCUT2D eigenvalue weighted by Crippen LogP contribution is 2.34. The first-order valence-corrected chi connectivity index (χ1v) is 5.54. The normalized spacial score (nSPS) is 11.6. The van der Waals surface area contributed by atoms with E-state index < -0.39 is 5.82 Å². The van der Waals surface area contributed by atoms with Crippen LogP contribution in [0.5, 0.6) is 0 Å². The minimum absolute atomic E-state index is 0.0236. The van der Waals surface area contributed by atoms with Crippen molar-refractivity contribution in [1.82, 2.24) is 0 Å². The van der Waals surface area contributed by atoms with Crippen molar-refractivity contribution in [2.45, 2.75) is 13.8 Å². The molecule has 1 rings (SSSR count). The Hall–Kier alpha value is -1.20. The lowest BCUT2D eigenvalue weighted by molar-refractivity contribution is 0.171. The van der Waals surface area contributed by atoms with Crippen molar-refractivity contribution in [3.05, 3.63) is 16.9 Å². The molecule has 6 N–H and O–H groups in total. The molecule has 0 aliphatic rings. The van der Waals surface area contributed by atoms with Gasteiger partial charge < -0.3 is 21.9 Å². The van der Waals surface area contributed by atoms with E-state index in [0.29, 0.717) is 6.54 Å². The number of hydrogen-bond donors (Lipinski definition) is 4. The standard InChI is InChI=1S/C11H17ClFN3O/c1-11(2,5-17)4-16-10-7(15)3-6(14)8(12)9(10)13/h3,16-17H,4-5,14-15H2,1-2H3. The number of anilines is 3. The molecule has 0 aliphatic carbocycles. The smallest absolute Gasteiger partial charge is 0.169 e. The van der Waals surface area contributed by atoms with Gasteiger partial charge in [0.2, 0.25) is 0 Å². The van der Waals surface area contributed by atoms with Gasteiger partial charge in [0.25, 0.3) is 0 Å². The van der Waals surface area contributed by atoms with Gasteiger partial charge in [0.05, 0.1) is 17.1 Å². The Morgan fingerprint density at radius 3 is 2.53 bits per heavy atom. The first-order chi connectivity index (χ1) is 7.78. The minimum Gasteiger partial charge on any atom is -0.397 e. The Bertz CT molecular complexity index is 424. The molecular weight excluding hydrogens is 245 g/mol. The average Bonchev–Trinajstić information content (AvgIpc) is 2.26. The number of nitrogens with two attached hydrogens (primary N) is 2. The molecular formula is C11H17ClFN3O. The van der Waals surface area contributed by atoms with Crippen molar-refractivity contribution in [2.75, 3.05) is 29.9 Å². The number of aliphatic hydroxyl groups is 1. The van der Waals surface area contributed by atoms with Crippen LogP contribution in [0.1, 0.15) is 13.8 Å². The molecule has 0 fully saturated rings. The van der Waals surface area contributed by atoms with Gasteiger partial charge in [-0.2, -0.15) is 0 Å². The second-order valence-electron chi connectivity index (χ2n) is 4.73. The van der Waals surface area contributed by atoms with Gasteiger partial charge in [-0.25, -0.2) is 4.39 Å². The van der Waals surface area contributed by atoms with Crippen LogP contribution in [0.15, 0.2) is 6.07 Å². The number of rotatable bonds is 4. The molecule has 1 aromatic rings. The molecule has 0 saturated carbocycles. The van der Waals surface area contributed by atoms with Crippen LogP contribution in [0.4, 0.5) is 21.5 Å². The van der Waals surface area contributed by atoms with Crippen molar-refractivity contribution in [3.8, 4) is 0 Å². The number of hydrogen-bond acceptors (Lipinski definition) is 4. The molecule has 6 heteroatoms. The zero-order valence-electron chi connectivity index (χ0n) is 9.85. The Morgan fingerprint density at radius 2 is 2.00 bits per heavy atom. The topological polar surface area (TPSA) is 84.3 Å².